The molecule has 25 heavy (non-hydrogen) atoms. The number of rotatable bonds is 9. The number of amides is 2. The summed E-state index contributed by atoms with van der Waals surface area (Å²) < 4.78 is 11.1. The Morgan fingerprint density at radius 2 is 2.12 bits per heavy atom. The van der Waals surface area contributed by atoms with Crippen molar-refractivity contribution in [3.05, 3.63) is 24.2 Å². The van der Waals surface area contributed by atoms with Gasteiger partial charge in [-0.05, 0) is 38.3 Å². The van der Waals surface area contributed by atoms with Crippen LogP contribution in [0, 0.1) is 0 Å². The van der Waals surface area contributed by atoms with Crippen molar-refractivity contribution in [3.8, 4) is 0 Å². The van der Waals surface area contributed by atoms with Gasteiger partial charge >= 0.3 is 0 Å². The summed E-state index contributed by atoms with van der Waals surface area (Å²) in [6.45, 7) is 7.63. The second-order valence-electron chi connectivity index (χ2n) is 6.62. The number of carbonyl (C=O) groups excluding carboxylic acids is 2. The zero-order valence-electron chi connectivity index (χ0n) is 15.6. The SMILES string of the molecule is CCC(=O)N(CC(=O)N(Cc1ccco1)C[C@H]1CCCO1)[C@H](C)CC. The monoisotopic (exact) mass is 350 g/mol. The first-order chi connectivity index (χ1) is 12.0. The lowest BCUT2D eigenvalue weighted by Crippen LogP contribution is -2.47. The van der Waals surface area contributed by atoms with Crippen LogP contribution >= 0.6 is 0 Å². The number of hydrogen-bond acceptors (Lipinski definition) is 4. The number of furan rings is 1. The van der Waals surface area contributed by atoms with E-state index in [1.54, 1.807) is 16.1 Å². The Morgan fingerprint density at radius 1 is 1.32 bits per heavy atom. The highest BCUT2D eigenvalue weighted by Crippen LogP contribution is 2.16. The third-order valence-corrected chi connectivity index (χ3v) is 4.78. The lowest BCUT2D eigenvalue weighted by Gasteiger charge is -2.31. The summed E-state index contributed by atoms with van der Waals surface area (Å²) in [6, 6.07) is 3.72. The van der Waals surface area contributed by atoms with Gasteiger partial charge < -0.3 is 19.0 Å². The molecule has 1 aromatic rings. The molecular formula is C19H30N2O4. The molecule has 0 spiro atoms. The fourth-order valence-electron chi connectivity index (χ4n) is 3.04. The van der Waals surface area contributed by atoms with Gasteiger partial charge in [-0.3, -0.25) is 9.59 Å². The maximum atomic E-state index is 12.9. The molecule has 1 aliphatic heterocycles. The lowest BCUT2D eigenvalue weighted by molar-refractivity contribution is -0.143. The highest BCUT2D eigenvalue weighted by Gasteiger charge is 2.27. The van der Waals surface area contributed by atoms with Crippen LogP contribution in [-0.4, -0.2) is 53.5 Å². The van der Waals surface area contributed by atoms with E-state index in [0.717, 1.165) is 31.6 Å². The predicted molar refractivity (Wildman–Crippen MR) is 94.9 cm³/mol. The van der Waals surface area contributed by atoms with Crippen LogP contribution in [0.1, 0.15) is 52.2 Å². The van der Waals surface area contributed by atoms with Crippen LogP contribution in [0.3, 0.4) is 0 Å². The Labute approximate surface area is 150 Å². The van der Waals surface area contributed by atoms with Crippen LogP contribution in [0.15, 0.2) is 22.8 Å². The minimum Gasteiger partial charge on any atom is -0.467 e. The molecule has 0 aromatic carbocycles. The van der Waals surface area contributed by atoms with E-state index in [9.17, 15) is 9.59 Å². The van der Waals surface area contributed by atoms with E-state index in [0.29, 0.717) is 19.5 Å². The average Bonchev–Trinajstić information content (AvgIpc) is 3.31. The van der Waals surface area contributed by atoms with Crippen LogP contribution < -0.4 is 0 Å². The van der Waals surface area contributed by atoms with Gasteiger partial charge in [-0.2, -0.15) is 0 Å². The average molecular weight is 350 g/mol. The summed E-state index contributed by atoms with van der Waals surface area (Å²) in [5.41, 5.74) is 0. The van der Waals surface area contributed by atoms with Gasteiger partial charge in [-0.1, -0.05) is 13.8 Å². The quantitative estimate of drug-likeness (QED) is 0.687. The van der Waals surface area contributed by atoms with E-state index < -0.39 is 0 Å². The molecule has 1 saturated heterocycles. The van der Waals surface area contributed by atoms with E-state index in [4.69, 9.17) is 9.15 Å². The van der Waals surface area contributed by atoms with Crippen molar-refractivity contribution >= 4 is 11.8 Å². The van der Waals surface area contributed by atoms with Crippen molar-refractivity contribution in [1.29, 1.82) is 0 Å². The number of hydrogen-bond donors (Lipinski definition) is 0. The second kappa shape index (κ2) is 9.61. The molecule has 2 rings (SSSR count). The molecule has 0 bridgehead atoms. The number of ether oxygens (including phenoxy) is 1. The normalized spacial score (nSPS) is 18.1. The fourth-order valence-corrected chi connectivity index (χ4v) is 3.04. The van der Waals surface area contributed by atoms with E-state index in [-0.39, 0.29) is 30.5 Å². The Kier molecular flexibility index (Phi) is 7.50. The zero-order valence-corrected chi connectivity index (χ0v) is 15.6. The minimum absolute atomic E-state index is 0.0118. The first kappa shape index (κ1) is 19.5. The van der Waals surface area contributed by atoms with Gasteiger partial charge in [-0.25, -0.2) is 0 Å². The van der Waals surface area contributed by atoms with Crippen LogP contribution in [-0.2, 0) is 20.9 Å². The fraction of sp³-hybridized carbons (Fsp3) is 0.684. The van der Waals surface area contributed by atoms with Gasteiger partial charge in [0.05, 0.1) is 18.9 Å². The van der Waals surface area contributed by atoms with Crippen molar-refractivity contribution in [2.45, 2.75) is 65.1 Å². The lowest BCUT2D eigenvalue weighted by atomic mass is 10.2. The molecule has 0 radical (unpaired) electrons. The van der Waals surface area contributed by atoms with E-state index in [2.05, 4.69) is 0 Å². The number of carbonyl (C=O) groups is 2. The summed E-state index contributed by atoms with van der Waals surface area (Å²) in [4.78, 5) is 28.6. The Bertz CT molecular complexity index is 538. The first-order valence-electron chi connectivity index (χ1n) is 9.26. The van der Waals surface area contributed by atoms with E-state index >= 15 is 0 Å². The zero-order chi connectivity index (χ0) is 18.2. The largest absolute Gasteiger partial charge is 0.467 e. The van der Waals surface area contributed by atoms with Crippen LogP contribution in [0.2, 0.25) is 0 Å². The van der Waals surface area contributed by atoms with Gasteiger partial charge in [0.25, 0.3) is 0 Å². The highest BCUT2D eigenvalue weighted by atomic mass is 16.5. The van der Waals surface area contributed by atoms with Gasteiger partial charge in [0.1, 0.15) is 12.3 Å². The Balaban J connectivity index is 2.07. The summed E-state index contributed by atoms with van der Waals surface area (Å²) in [7, 11) is 0. The summed E-state index contributed by atoms with van der Waals surface area (Å²) in [5.74, 6) is 0.690. The molecule has 140 valence electrons. The van der Waals surface area contributed by atoms with Gasteiger partial charge in [0, 0.05) is 25.6 Å². The van der Waals surface area contributed by atoms with Crippen LogP contribution in [0.4, 0.5) is 0 Å². The smallest absolute Gasteiger partial charge is 0.242 e. The molecule has 0 saturated carbocycles. The van der Waals surface area contributed by atoms with Gasteiger partial charge in [0.15, 0.2) is 0 Å². The van der Waals surface area contributed by atoms with Crippen molar-refractivity contribution in [1.82, 2.24) is 9.80 Å². The molecule has 1 fully saturated rings. The van der Waals surface area contributed by atoms with Gasteiger partial charge in [0.2, 0.25) is 11.8 Å². The third kappa shape index (κ3) is 5.59. The number of nitrogens with zero attached hydrogens (tertiary/aromatic N) is 2. The maximum Gasteiger partial charge on any atom is 0.242 e. The third-order valence-electron chi connectivity index (χ3n) is 4.78. The van der Waals surface area contributed by atoms with Crippen molar-refractivity contribution in [2.24, 2.45) is 0 Å². The predicted octanol–water partition coefficient (Wildman–Crippen LogP) is 2.82. The molecular weight excluding hydrogens is 320 g/mol. The molecule has 1 aromatic heterocycles. The first-order valence-corrected chi connectivity index (χ1v) is 9.26. The van der Waals surface area contributed by atoms with E-state index in [1.807, 2.05) is 32.9 Å². The molecule has 0 N–H and O–H groups in total. The van der Waals surface area contributed by atoms with Gasteiger partial charge in [-0.15, -0.1) is 0 Å². The molecule has 2 heterocycles. The Hall–Kier alpha value is -1.82. The summed E-state index contributed by atoms with van der Waals surface area (Å²) in [6.07, 6.45) is 4.89. The molecule has 2 amide bonds. The van der Waals surface area contributed by atoms with Crippen molar-refractivity contribution in [3.63, 3.8) is 0 Å². The molecule has 0 aliphatic carbocycles. The molecule has 6 nitrogen and oxygen atoms in total. The minimum atomic E-state index is -0.0611. The molecule has 1 aliphatic rings. The highest BCUT2D eigenvalue weighted by molar-refractivity contribution is 5.85. The second-order valence-corrected chi connectivity index (χ2v) is 6.62. The molecule has 0 unspecified atom stereocenters. The van der Waals surface area contributed by atoms with Crippen molar-refractivity contribution in [2.75, 3.05) is 19.7 Å². The van der Waals surface area contributed by atoms with Crippen LogP contribution in [0.5, 0.6) is 0 Å². The molecule has 2 atom stereocenters. The summed E-state index contributed by atoms with van der Waals surface area (Å²) in [5, 5.41) is 0. The maximum absolute atomic E-state index is 12.9. The Morgan fingerprint density at radius 3 is 2.68 bits per heavy atom. The molecule has 6 heteroatoms. The van der Waals surface area contributed by atoms with E-state index in [1.165, 1.54) is 0 Å². The summed E-state index contributed by atoms with van der Waals surface area (Å²) >= 11 is 0. The topological polar surface area (TPSA) is 63.0 Å². The van der Waals surface area contributed by atoms with Crippen molar-refractivity contribution < 1.29 is 18.7 Å². The van der Waals surface area contributed by atoms with Crippen LogP contribution in [0.25, 0.3) is 0 Å². The standard InChI is InChI=1S/C19H30N2O4/c1-4-15(3)21(18(22)5-2)14-19(23)20(12-16-8-6-10-24-16)13-17-9-7-11-25-17/h6,8,10,15,17H,4-5,7,9,11-14H2,1-3H3/t15-,17-/m1/s1.